The van der Waals surface area contributed by atoms with E-state index in [0.29, 0.717) is 17.0 Å². The number of benzene rings is 2. The lowest BCUT2D eigenvalue weighted by molar-refractivity contribution is -0.146. The van der Waals surface area contributed by atoms with Gasteiger partial charge < -0.3 is 9.30 Å². The minimum atomic E-state index is -4.58. The number of hydrogen-bond donors (Lipinski definition) is 0. The van der Waals surface area contributed by atoms with Gasteiger partial charge in [0.2, 0.25) is 0 Å². The molecule has 39 heavy (non-hydrogen) atoms. The number of fused-ring (bicyclic) bond motifs is 1. The number of nitrogens with zero attached hydrogens (tertiary/aromatic N) is 5. The number of rotatable bonds is 6. The second-order valence-electron chi connectivity index (χ2n) is 8.73. The molecular weight excluding hydrogens is 514 g/mol. The molecule has 1 atom stereocenters. The van der Waals surface area contributed by atoms with Crippen LogP contribution in [0.5, 0.6) is 0 Å². The molecule has 0 aliphatic carbocycles. The average molecular weight is 536 g/mol. The smallest absolute Gasteiger partial charge is 0.417 e. The van der Waals surface area contributed by atoms with Crippen molar-refractivity contribution in [1.29, 1.82) is 0 Å². The molecule has 7 nitrogen and oxygen atoms in total. The topological polar surface area (TPSA) is 82.8 Å². The van der Waals surface area contributed by atoms with Gasteiger partial charge in [0.25, 0.3) is 0 Å². The van der Waals surface area contributed by atoms with E-state index in [0.717, 1.165) is 6.07 Å². The summed E-state index contributed by atoms with van der Waals surface area (Å²) in [4.78, 5) is 21.8. The van der Waals surface area contributed by atoms with Crippen molar-refractivity contribution in [2.24, 2.45) is 0 Å². The zero-order valence-corrected chi connectivity index (χ0v) is 20.8. The molecule has 0 spiro atoms. The summed E-state index contributed by atoms with van der Waals surface area (Å²) < 4.78 is 62.0. The third kappa shape index (κ3) is 5.20. The van der Waals surface area contributed by atoms with Gasteiger partial charge in [-0.15, -0.1) is 0 Å². The maximum Gasteiger partial charge on any atom is 0.417 e. The molecule has 2 aliphatic heterocycles. The number of halogens is 4. The Bertz CT molecular complexity index is 1620. The summed E-state index contributed by atoms with van der Waals surface area (Å²) in [7, 11) is 0. The number of imidazole rings is 1. The minimum absolute atomic E-state index is 0.00515. The molecule has 1 unspecified atom stereocenters. The molecule has 0 amide bonds. The number of aromatic nitrogens is 5. The van der Waals surface area contributed by atoms with Gasteiger partial charge in [0.15, 0.2) is 11.9 Å². The van der Waals surface area contributed by atoms with Gasteiger partial charge in [0.05, 0.1) is 34.8 Å². The van der Waals surface area contributed by atoms with Crippen LogP contribution < -0.4 is 0 Å². The number of hydrogen-bond acceptors (Lipinski definition) is 6. The Morgan fingerprint density at radius 2 is 1.72 bits per heavy atom. The molecule has 0 saturated heterocycles. The molecule has 0 radical (unpaired) electrons. The molecular formula is C28H21F4N5O2. The third-order valence-electron chi connectivity index (χ3n) is 6.04. The van der Waals surface area contributed by atoms with Crippen molar-refractivity contribution in [2.45, 2.75) is 26.1 Å². The lowest BCUT2D eigenvalue weighted by Gasteiger charge is -2.19. The van der Waals surface area contributed by atoms with Gasteiger partial charge >= 0.3 is 12.1 Å². The molecule has 2 aliphatic rings. The first kappa shape index (κ1) is 26.0. The highest BCUT2D eigenvalue weighted by molar-refractivity contribution is 5.78. The number of carbonyl (C=O) groups excluding carboxylic acids is 1. The number of ether oxygens (including phenoxy) is 1. The highest BCUT2D eigenvalue weighted by atomic mass is 19.4. The van der Waals surface area contributed by atoms with Gasteiger partial charge in [0, 0.05) is 18.0 Å². The SMILES string of the molecule is CCOC(=O)C(c1ccc(-c2ccc(C)cc2C(F)(F)F)nn1)n1ccc2nc(-c3ccccc3F)nc-2c1. The Morgan fingerprint density at radius 1 is 0.949 bits per heavy atom. The lowest BCUT2D eigenvalue weighted by atomic mass is 10.0. The van der Waals surface area contributed by atoms with Crippen LogP contribution in [0.25, 0.3) is 34.0 Å². The lowest BCUT2D eigenvalue weighted by Crippen LogP contribution is -2.24. The maximum absolute atomic E-state index is 14.3. The van der Waals surface area contributed by atoms with E-state index in [1.165, 1.54) is 28.8 Å². The van der Waals surface area contributed by atoms with Gasteiger partial charge in [-0.1, -0.05) is 29.8 Å². The highest BCUT2D eigenvalue weighted by Gasteiger charge is 2.34. The van der Waals surface area contributed by atoms with Crippen LogP contribution in [-0.2, 0) is 15.7 Å². The monoisotopic (exact) mass is 535 g/mol. The first-order valence-corrected chi connectivity index (χ1v) is 11.9. The fourth-order valence-corrected chi connectivity index (χ4v) is 4.21. The van der Waals surface area contributed by atoms with E-state index >= 15 is 0 Å². The number of alkyl halides is 3. The molecule has 2 aromatic carbocycles. The van der Waals surface area contributed by atoms with Crippen LogP contribution in [0.15, 0.2) is 73.1 Å². The van der Waals surface area contributed by atoms with Gasteiger partial charge in [-0.05, 0) is 50.2 Å². The highest BCUT2D eigenvalue weighted by Crippen LogP contribution is 2.37. The van der Waals surface area contributed by atoms with E-state index in [1.807, 2.05) is 0 Å². The van der Waals surface area contributed by atoms with Crippen LogP contribution in [0.3, 0.4) is 0 Å². The summed E-state index contributed by atoms with van der Waals surface area (Å²) in [6, 6.07) is 13.4. The van der Waals surface area contributed by atoms with Gasteiger partial charge in [-0.2, -0.15) is 23.4 Å². The van der Waals surface area contributed by atoms with Crippen molar-refractivity contribution in [1.82, 2.24) is 24.7 Å². The van der Waals surface area contributed by atoms with E-state index in [4.69, 9.17) is 4.74 Å². The van der Waals surface area contributed by atoms with E-state index < -0.39 is 29.6 Å². The summed E-state index contributed by atoms with van der Waals surface area (Å²) in [5, 5.41) is 8.12. The normalized spacial score (nSPS) is 12.5. The van der Waals surface area contributed by atoms with Crippen molar-refractivity contribution >= 4 is 5.97 Å². The summed E-state index contributed by atoms with van der Waals surface area (Å²) in [5.41, 5.74) is 0.767. The fourth-order valence-electron chi connectivity index (χ4n) is 4.21. The molecule has 1 aromatic heterocycles. The van der Waals surface area contributed by atoms with Crippen LogP contribution in [0.1, 0.15) is 29.8 Å². The fraction of sp³-hybridized carbons (Fsp3) is 0.179. The third-order valence-corrected chi connectivity index (χ3v) is 6.04. The summed E-state index contributed by atoms with van der Waals surface area (Å²) in [6.45, 7) is 3.31. The zero-order valence-electron chi connectivity index (χ0n) is 20.8. The first-order valence-electron chi connectivity index (χ1n) is 11.9. The van der Waals surface area contributed by atoms with E-state index in [2.05, 4.69) is 20.2 Å². The molecule has 0 N–H and O–H groups in total. The second kappa shape index (κ2) is 10.2. The number of esters is 1. The van der Waals surface area contributed by atoms with Crippen LogP contribution in [0.2, 0.25) is 0 Å². The molecule has 3 heterocycles. The minimum Gasteiger partial charge on any atom is -0.464 e. The molecule has 0 saturated carbocycles. The van der Waals surface area contributed by atoms with Crippen molar-refractivity contribution in [3.8, 4) is 34.0 Å². The van der Waals surface area contributed by atoms with E-state index in [9.17, 15) is 22.4 Å². The van der Waals surface area contributed by atoms with Crippen molar-refractivity contribution in [3.63, 3.8) is 0 Å². The molecule has 198 valence electrons. The second-order valence-corrected chi connectivity index (χ2v) is 8.73. The Hall–Kier alpha value is -4.67. The summed E-state index contributed by atoms with van der Waals surface area (Å²) in [6.07, 6.45) is -1.46. The molecule has 5 rings (SSSR count). The number of pyridine rings is 1. The number of carbonyl (C=O) groups is 1. The predicted octanol–water partition coefficient (Wildman–Crippen LogP) is 6.13. The molecule has 0 bridgehead atoms. The Morgan fingerprint density at radius 3 is 2.41 bits per heavy atom. The average Bonchev–Trinajstić information content (AvgIpc) is 3.32. The molecule has 0 fully saturated rings. The van der Waals surface area contributed by atoms with Gasteiger partial charge in [-0.25, -0.2) is 19.2 Å². The molecule has 11 heteroatoms. The summed E-state index contributed by atoms with van der Waals surface area (Å²) >= 11 is 0. The largest absolute Gasteiger partial charge is 0.464 e. The molecule has 3 aromatic rings. The zero-order chi connectivity index (χ0) is 27.7. The van der Waals surface area contributed by atoms with Crippen LogP contribution in [-0.4, -0.2) is 37.3 Å². The Balaban J connectivity index is 1.54. The maximum atomic E-state index is 14.3. The van der Waals surface area contributed by atoms with Crippen molar-refractivity contribution in [2.75, 3.05) is 6.61 Å². The Kier molecular flexibility index (Phi) is 6.81. The number of aryl methyl sites for hydroxylation is 1. The first-order chi connectivity index (χ1) is 18.7. The quantitative estimate of drug-likeness (QED) is 0.192. The van der Waals surface area contributed by atoms with Crippen molar-refractivity contribution < 1.29 is 27.1 Å². The standard InChI is InChI=1S/C28H21F4N5O2/c1-3-39-27(38)25(23-11-10-21(35-36-23)17-9-8-16(2)14-19(17)28(30,31)32)37-13-12-22-24(15-37)34-26(33-22)18-6-4-5-7-20(18)29/h4-15,25H,3H2,1-2H3. The van der Waals surface area contributed by atoms with E-state index in [-0.39, 0.29) is 34.9 Å². The Labute approximate surface area is 220 Å². The van der Waals surface area contributed by atoms with Crippen LogP contribution >= 0.6 is 0 Å². The van der Waals surface area contributed by atoms with Crippen LogP contribution in [0.4, 0.5) is 17.6 Å². The van der Waals surface area contributed by atoms with Gasteiger partial charge in [0.1, 0.15) is 11.5 Å². The van der Waals surface area contributed by atoms with E-state index in [1.54, 1.807) is 56.6 Å². The van der Waals surface area contributed by atoms with Crippen LogP contribution in [0, 0.1) is 12.7 Å². The summed E-state index contributed by atoms with van der Waals surface area (Å²) in [5.74, 6) is -0.928. The van der Waals surface area contributed by atoms with Gasteiger partial charge in [-0.3, -0.25) is 0 Å². The van der Waals surface area contributed by atoms with Crippen molar-refractivity contribution in [3.05, 3.63) is 95.7 Å². The predicted molar refractivity (Wildman–Crippen MR) is 134 cm³/mol.